The number of benzene rings is 1. The van der Waals surface area contributed by atoms with Crippen molar-refractivity contribution in [2.75, 3.05) is 13.2 Å². The summed E-state index contributed by atoms with van der Waals surface area (Å²) in [5.41, 5.74) is 1.25. The standard InChI is InChI=1S/C17H24N4O2/c1-4-17(2,3)21-15(20-12-18)11-13-5-7-14(8-6-13)16(23)19-9-10-22/h5-8,22H,4,9-11H2,1-3H3,(H,19,23)(H,20,21). The predicted molar refractivity (Wildman–Crippen MR) is 90.1 cm³/mol. The Balaban J connectivity index is 2.83. The van der Waals surface area contributed by atoms with Gasteiger partial charge in [0.05, 0.1) is 12.1 Å². The highest BCUT2D eigenvalue weighted by Crippen LogP contribution is 2.14. The van der Waals surface area contributed by atoms with Crippen molar-refractivity contribution in [2.24, 2.45) is 4.99 Å². The van der Waals surface area contributed by atoms with Gasteiger partial charge in [0, 0.05) is 18.5 Å². The van der Waals surface area contributed by atoms with Gasteiger partial charge in [0.15, 0.2) is 6.19 Å². The van der Waals surface area contributed by atoms with Gasteiger partial charge in [0.25, 0.3) is 5.91 Å². The van der Waals surface area contributed by atoms with Crippen LogP contribution < -0.4 is 10.6 Å². The first-order valence-electron chi connectivity index (χ1n) is 7.63. The zero-order chi connectivity index (χ0) is 17.3. The molecule has 0 heterocycles. The highest BCUT2D eigenvalue weighted by atomic mass is 16.3. The number of aliphatic imine (C=N–C) groups is 1. The summed E-state index contributed by atoms with van der Waals surface area (Å²) in [5, 5.41) is 22.8. The van der Waals surface area contributed by atoms with E-state index >= 15 is 0 Å². The fourth-order valence-electron chi connectivity index (χ4n) is 1.86. The molecule has 0 aromatic heterocycles. The topological polar surface area (TPSA) is 97.5 Å². The Kier molecular flexibility index (Phi) is 7.23. The molecule has 1 aromatic carbocycles. The van der Waals surface area contributed by atoms with Gasteiger partial charge in [-0.1, -0.05) is 19.1 Å². The second-order valence-corrected chi connectivity index (χ2v) is 5.81. The molecular formula is C17H24N4O2. The van der Waals surface area contributed by atoms with Gasteiger partial charge < -0.3 is 10.4 Å². The number of carbonyl (C=O) groups excluding carboxylic acids is 1. The number of amidine groups is 1. The van der Waals surface area contributed by atoms with Crippen molar-refractivity contribution < 1.29 is 9.90 Å². The molecule has 124 valence electrons. The molecule has 3 N–H and O–H groups in total. The highest BCUT2D eigenvalue weighted by Gasteiger charge is 2.15. The molecule has 1 amide bonds. The van der Waals surface area contributed by atoms with E-state index in [-0.39, 0.29) is 24.6 Å². The van der Waals surface area contributed by atoms with E-state index in [2.05, 4.69) is 15.6 Å². The van der Waals surface area contributed by atoms with Crippen molar-refractivity contribution in [3.05, 3.63) is 35.4 Å². The molecule has 0 bridgehead atoms. The zero-order valence-corrected chi connectivity index (χ0v) is 13.9. The molecule has 1 aromatic rings. The average Bonchev–Trinajstić information content (AvgIpc) is 2.53. The van der Waals surface area contributed by atoms with Crippen LogP contribution in [-0.4, -0.2) is 35.5 Å². The molecule has 6 nitrogen and oxygen atoms in total. The van der Waals surface area contributed by atoms with E-state index in [0.29, 0.717) is 17.8 Å². The average molecular weight is 316 g/mol. The summed E-state index contributed by atoms with van der Waals surface area (Å²) >= 11 is 0. The van der Waals surface area contributed by atoms with Gasteiger partial charge >= 0.3 is 0 Å². The van der Waals surface area contributed by atoms with Gasteiger partial charge in [-0.25, -0.2) is 0 Å². The Bertz CT molecular complexity index is 586. The quantitative estimate of drug-likeness (QED) is 0.308. The second kappa shape index (κ2) is 8.91. The van der Waals surface area contributed by atoms with Gasteiger partial charge in [-0.3, -0.25) is 15.1 Å². The van der Waals surface area contributed by atoms with E-state index in [1.165, 1.54) is 0 Å². The number of amides is 1. The Morgan fingerprint density at radius 3 is 2.52 bits per heavy atom. The minimum Gasteiger partial charge on any atom is -0.395 e. The monoisotopic (exact) mass is 316 g/mol. The number of aliphatic hydroxyl groups excluding tert-OH is 1. The Morgan fingerprint density at radius 1 is 1.35 bits per heavy atom. The number of rotatable bonds is 7. The summed E-state index contributed by atoms with van der Waals surface area (Å²) in [7, 11) is 0. The molecular weight excluding hydrogens is 292 g/mol. The minimum atomic E-state index is -0.233. The molecule has 0 saturated carbocycles. The fraction of sp³-hybridized carbons (Fsp3) is 0.471. The lowest BCUT2D eigenvalue weighted by atomic mass is 10.0. The molecule has 0 radical (unpaired) electrons. The molecule has 0 aliphatic heterocycles. The summed E-state index contributed by atoms with van der Waals surface area (Å²) in [4.78, 5) is 16.4. The van der Waals surface area contributed by atoms with Crippen LogP contribution in [0.15, 0.2) is 29.3 Å². The molecule has 0 atom stereocenters. The Hall–Kier alpha value is -2.39. The minimum absolute atomic E-state index is 0.0866. The summed E-state index contributed by atoms with van der Waals surface area (Å²) in [6.07, 6.45) is 3.28. The van der Waals surface area contributed by atoms with Gasteiger partial charge in [0.2, 0.25) is 0 Å². The van der Waals surface area contributed by atoms with Crippen LogP contribution >= 0.6 is 0 Å². The maximum Gasteiger partial charge on any atom is 0.251 e. The van der Waals surface area contributed by atoms with E-state index < -0.39 is 0 Å². The number of nitrogens with zero attached hydrogens (tertiary/aromatic N) is 2. The first-order chi connectivity index (χ1) is 10.9. The van der Waals surface area contributed by atoms with Crippen LogP contribution in [0.5, 0.6) is 0 Å². The van der Waals surface area contributed by atoms with Crippen LogP contribution in [-0.2, 0) is 6.42 Å². The largest absolute Gasteiger partial charge is 0.395 e. The molecule has 0 aliphatic carbocycles. The highest BCUT2D eigenvalue weighted by molar-refractivity contribution is 5.94. The first kappa shape index (κ1) is 18.7. The van der Waals surface area contributed by atoms with Crippen LogP contribution in [0.25, 0.3) is 0 Å². The van der Waals surface area contributed by atoms with E-state index in [9.17, 15) is 4.79 Å². The number of hydrogen-bond donors (Lipinski definition) is 3. The van der Waals surface area contributed by atoms with E-state index in [4.69, 9.17) is 10.4 Å². The SMILES string of the molecule is CCC(C)(C)N=C(Cc1ccc(C(=O)NCCO)cc1)NC#N. The van der Waals surface area contributed by atoms with Crippen LogP contribution in [0.4, 0.5) is 0 Å². The number of aliphatic hydroxyl groups is 1. The molecule has 6 heteroatoms. The van der Waals surface area contributed by atoms with Gasteiger partial charge in [-0.15, -0.1) is 0 Å². The van der Waals surface area contributed by atoms with Crippen molar-refractivity contribution >= 4 is 11.7 Å². The summed E-state index contributed by atoms with van der Waals surface area (Å²) in [6, 6.07) is 7.11. The molecule has 0 fully saturated rings. The predicted octanol–water partition coefficient (Wildman–Crippen LogP) is 1.61. The molecule has 1 rings (SSSR count). The molecule has 0 spiro atoms. The summed E-state index contributed by atoms with van der Waals surface area (Å²) in [5.74, 6) is 0.388. The lowest BCUT2D eigenvalue weighted by Gasteiger charge is -2.19. The smallest absolute Gasteiger partial charge is 0.251 e. The lowest BCUT2D eigenvalue weighted by Crippen LogP contribution is -2.27. The second-order valence-electron chi connectivity index (χ2n) is 5.81. The number of nitriles is 1. The van der Waals surface area contributed by atoms with Crippen LogP contribution in [0, 0.1) is 11.5 Å². The Labute approximate surface area is 137 Å². The zero-order valence-electron chi connectivity index (χ0n) is 13.9. The normalized spacial score (nSPS) is 11.7. The van der Waals surface area contributed by atoms with E-state index in [1.807, 2.05) is 39.1 Å². The van der Waals surface area contributed by atoms with Crippen molar-refractivity contribution in [2.45, 2.75) is 39.2 Å². The summed E-state index contributed by atoms with van der Waals surface area (Å²) < 4.78 is 0. The molecule has 0 aliphatic rings. The number of carbonyl (C=O) groups is 1. The number of hydrogen-bond acceptors (Lipinski definition) is 4. The van der Waals surface area contributed by atoms with Crippen LogP contribution in [0.3, 0.4) is 0 Å². The van der Waals surface area contributed by atoms with Crippen LogP contribution in [0.2, 0.25) is 0 Å². The van der Waals surface area contributed by atoms with E-state index in [0.717, 1.165) is 12.0 Å². The molecule has 0 unspecified atom stereocenters. The van der Waals surface area contributed by atoms with Crippen LogP contribution in [0.1, 0.15) is 43.1 Å². The first-order valence-corrected chi connectivity index (χ1v) is 7.63. The molecule has 0 saturated heterocycles. The van der Waals surface area contributed by atoms with Gasteiger partial charge in [0.1, 0.15) is 5.84 Å². The van der Waals surface area contributed by atoms with Crippen molar-refractivity contribution in [3.8, 4) is 6.19 Å². The fourth-order valence-corrected chi connectivity index (χ4v) is 1.86. The maximum absolute atomic E-state index is 11.8. The van der Waals surface area contributed by atoms with Crippen molar-refractivity contribution in [3.63, 3.8) is 0 Å². The third-order valence-corrected chi connectivity index (χ3v) is 3.49. The van der Waals surface area contributed by atoms with Gasteiger partial charge in [-0.2, -0.15) is 5.26 Å². The van der Waals surface area contributed by atoms with Gasteiger partial charge in [-0.05, 0) is 38.0 Å². The van der Waals surface area contributed by atoms with Crippen molar-refractivity contribution in [1.29, 1.82) is 5.26 Å². The third kappa shape index (κ3) is 6.49. The third-order valence-electron chi connectivity index (χ3n) is 3.49. The Morgan fingerprint density at radius 2 is 2.00 bits per heavy atom. The van der Waals surface area contributed by atoms with E-state index in [1.54, 1.807) is 12.1 Å². The molecule has 23 heavy (non-hydrogen) atoms. The summed E-state index contributed by atoms with van der Waals surface area (Å²) in [6.45, 7) is 6.22. The maximum atomic E-state index is 11.8. The number of nitrogens with one attached hydrogen (secondary N) is 2. The van der Waals surface area contributed by atoms with Crippen molar-refractivity contribution in [1.82, 2.24) is 10.6 Å². The lowest BCUT2D eigenvalue weighted by molar-refractivity contribution is 0.0945.